The van der Waals surface area contributed by atoms with Crippen LogP contribution in [0.25, 0.3) is 0 Å². The number of nitrogens with zero attached hydrogens (tertiary/aromatic N) is 1. The molecule has 3 amide bonds. The Kier molecular flexibility index (Phi) is 5.46. The minimum absolute atomic E-state index is 0.141. The third-order valence-corrected chi connectivity index (χ3v) is 3.22. The number of carbonyl (C=O) groups excluding carboxylic acids is 3. The van der Waals surface area contributed by atoms with E-state index in [1.54, 1.807) is 0 Å². The molecule has 0 aromatic heterocycles. The number of hydrogen-bond acceptors (Lipinski definition) is 4. The van der Waals surface area contributed by atoms with Crippen molar-refractivity contribution in [3.8, 4) is 0 Å². The summed E-state index contributed by atoms with van der Waals surface area (Å²) in [6, 6.07) is -1.13. The lowest BCUT2D eigenvalue weighted by atomic mass is 10.1. The zero-order chi connectivity index (χ0) is 13.7. The normalized spacial score (nSPS) is 21.2. The van der Waals surface area contributed by atoms with E-state index in [2.05, 4.69) is 23.3 Å². The summed E-state index contributed by atoms with van der Waals surface area (Å²) >= 11 is 4.07. The monoisotopic (exact) mass is 273 g/mol. The number of thiol groups is 1. The van der Waals surface area contributed by atoms with E-state index < -0.39 is 12.1 Å². The predicted molar refractivity (Wildman–Crippen MR) is 70.3 cm³/mol. The first-order valence-electron chi connectivity index (χ1n) is 5.97. The maximum Gasteiger partial charge on any atom is 0.246 e. The van der Waals surface area contributed by atoms with Crippen LogP contribution < -0.4 is 10.6 Å². The second kappa shape index (κ2) is 6.63. The maximum atomic E-state index is 12.3. The quantitative estimate of drug-likeness (QED) is 0.584. The summed E-state index contributed by atoms with van der Waals surface area (Å²) in [6.45, 7) is 4.11. The minimum Gasteiger partial charge on any atom is -0.353 e. The average Bonchev–Trinajstić information content (AvgIpc) is 2.34. The number of piperazine rings is 1. The van der Waals surface area contributed by atoms with Gasteiger partial charge in [-0.1, -0.05) is 6.92 Å². The molecule has 0 aliphatic carbocycles. The van der Waals surface area contributed by atoms with Crippen molar-refractivity contribution in [2.45, 2.75) is 32.4 Å². The van der Waals surface area contributed by atoms with Crippen LogP contribution in [0.15, 0.2) is 0 Å². The Balaban J connectivity index is 2.79. The Morgan fingerprint density at radius 2 is 2.28 bits per heavy atom. The molecule has 18 heavy (non-hydrogen) atoms. The van der Waals surface area contributed by atoms with E-state index >= 15 is 0 Å². The van der Waals surface area contributed by atoms with Crippen LogP contribution in [0.5, 0.6) is 0 Å². The van der Waals surface area contributed by atoms with Crippen molar-refractivity contribution in [1.82, 2.24) is 15.5 Å². The molecule has 1 aliphatic rings. The maximum absolute atomic E-state index is 12.3. The van der Waals surface area contributed by atoms with Gasteiger partial charge in [-0.25, -0.2) is 0 Å². The Morgan fingerprint density at radius 1 is 1.61 bits per heavy atom. The number of rotatable bonds is 4. The summed E-state index contributed by atoms with van der Waals surface area (Å²) in [7, 11) is 0. The van der Waals surface area contributed by atoms with E-state index in [-0.39, 0.29) is 23.5 Å². The average molecular weight is 273 g/mol. The molecule has 0 saturated carbocycles. The standard InChI is InChI=1S/C11H19N3O3S/c1-3-9-10(16)12-4-5-14(9)11(17)8(6-18)13-7(2)15/h8-9,18H,3-6H2,1-2H3,(H,12,16)(H,13,15). The van der Waals surface area contributed by atoms with Gasteiger partial charge in [-0.15, -0.1) is 0 Å². The first-order valence-corrected chi connectivity index (χ1v) is 6.60. The van der Waals surface area contributed by atoms with Gasteiger partial charge in [0, 0.05) is 25.8 Å². The zero-order valence-corrected chi connectivity index (χ0v) is 11.5. The first-order chi connectivity index (χ1) is 8.51. The van der Waals surface area contributed by atoms with Gasteiger partial charge in [-0.05, 0) is 6.42 Å². The first kappa shape index (κ1) is 14.8. The van der Waals surface area contributed by atoms with Crippen LogP contribution in [0.4, 0.5) is 0 Å². The zero-order valence-electron chi connectivity index (χ0n) is 10.6. The Morgan fingerprint density at radius 3 is 2.78 bits per heavy atom. The van der Waals surface area contributed by atoms with E-state index in [1.807, 2.05) is 6.92 Å². The third kappa shape index (κ3) is 3.38. The van der Waals surface area contributed by atoms with Gasteiger partial charge in [0.1, 0.15) is 12.1 Å². The summed E-state index contributed by atoms with van der Waals surface area (Å²) in [5.74, 6) is -0.455. The van der Waals surface area contributed by atoms with Crippen LogP contribution in [-0.2, 0) is 14.4 Å². The van der Waals surface area contributed by atoms with Crippen molar-refractivity contribution in [3.63, 3.8) is 0 Å². The molecule has 2 unspecified atom stereocenters. The summed E-state index contributed by atoms with van der Waals surface area (Å²) in [4.78, 5) is 36.5. The third-order valence-electron chi connectivity index (χ3n) is 2.86. The van der Waals surface area contributed by atoms with Gasteiger partial charge in [-0.2, -0.15) is 12.6 Å². The molecule has 1 heterocycles. The largest absolute Gasteiger partial charge is 0.353 e. The lowest BCUT2D eigenvalue weighted by Gasteiger charge is -2.36. The second-order valence-electron chi connectivity index (χ2n) is 4.18. The highest BCUT2D eigenvalue weighted by atomic mass is 32.1. The van der Waals surface area contributed by atoms with Gasteiger partial charge >= 0.3 is 0 Å². The minimum atomic E-state index is -0.675. The molecule has 0 radical (unpaired) electrons. The van der Waals surface area contributed by atoms with Crippen molar-refractivity contribution in [1.29, 1.82) is 0 Å². The van der Waals surface area contributed by atoms with E-state index in [9.17, 15) is 14.4 Å². The van der Waals surface area contributed by atoms with E-state index in [4.69, 9.17) is 0 Å². The molecule has 0 aromatic carbocycles. The lowest BCUT2D eigenvalue weighted by molar-refractivity contribution is -0.145. The van der Waals surface area contributed by atoms with Crippen LogP contribution in [0.1, 0.15) is 20.3 Å². The number of amides is 3. The second-order valence-corrected chi connectivity index (χ2v) is 4.55. The number of hydrogen-bond donors (Lipinski definition) is 3. The van der Waals surface area contributed by atoms with Crippen molar-refractivity contribution >= 4 is 30.4 Å². The smallest absolute Gasteiger partial charge is 0.246 e. The fourth-order valence-electron chi connectivity index (χ4n) is 2.02. The van der Waals surface area contributed by atoms with E-state index in [0.717, 1.165) is 0 Å². The molecule has 2 N–H and O–H groups in total. The van der Waals surface area contributed by atoms with Gasteiger partial charge in [-0.3, -0.25) is 14.4 Å². The molecule has 2 atom stereocenters. The Bertz CT molecular complexity index is 348. The van der Waals surface area contributed by atoms with Crippen molar-refractivity contribution < 1.29 is 14.4 Å². The molecule has 102 valence electrons. The molecular weight excluding hydrogens is 254 g/mol. The van der Waals surface area contributed by atoms with Gasteiger partial charge in [0.25, 0.3) is 0 Å². The number of carbonyl (C=O) groups is 3. The van der Waals surface area contributed by atoms with Crippen molar-refractivity contribution in [2.24, 2.45) is 0 Å². The highest BCUT2D eigenvalue weighted by Gasteiger charge is 2.34. The molecular formula is C11H19N3O3S. The van der Waals surface area contributed by atoms with Crippen molar-refractivity contribution in [2.75, 3.05) is 18.8 Å². The number of nitrogens with one attached hydrogen (secondary N) is 2. The fourth-order valence-corrected chi connectivity index (χ4v) is 2.26. The van der Waals surface area contributed by atoms with Crippen molar-refractivity contribution in [3.05, 3.63) is 0 Å². The molecule has 1 aliphatic heterocycles. The summed E-state index contributed by atoms with van der Waals surface area (Å²) in [5.41, 5.74) is 0. The van der Waals surface area contributed by atoms with Gasteiger partial charge in [0.05, 0.1) is 0 Å². The summed E-state index contributed by atoms with van der Waals surface area (Å²) < 4.78 is 0. The van der Waals surface area contributed by atoms with Crippen LogP contribution in [0, 0.1) is 0 Å². The SMILES string of the molecule is CCC1C(=O)NCCN1C(=O)C(CS)NC(C)=O. The lowest BCUT2D eigenvalue weighted by Crippen LogP contribution is -2.61. The molecule has 0 bridgehead atoms. The fraction of sp³-hybridized carbons (Fsp3) is 0.727. The van der Waals surface area contributed by atoms with E-state index in [1.165, 1.54) is 11.8 Å². The Labute approximate surface area is 112 Å². The summed E-state index contributed by atoms with van der Waals surface area (Å²) in [6.07, 6.45) is 0.553. The molecule has 1 rings (SSSR count). The van der Waals surface area contributed by atoms with Gasteiger partial charge in [0.2, 0.25) is 17.7 Å². The molecule has 1 fully saturated rings. The molecule has 1 saturated heterocycles. The van der Waals surface area contributed by atoms with Crippen LogP contribution in [-0.4, -0.2) is 53.5 Å². The van der Waals surface area contributed by atoms with Crippen LogP contribution in [0.3, 0.4) is 0 Å². The molecule has 6 nitrogen and oxygen atoms in total. The highest BCUT2D eigenvalue weighted by molar-refractivity contribution is 7.80. The highest BCUT2D eigenvalue weighted by Crippen LogP contribution is 2.11. The summed E-state index contributed by atoms with van der Waals surface area (Å²) in [5, 5.41) is 5.27. The van der Waals surface area contributed by atoms with Crippen LogP contribution >= 0.6 is 12.6 Å². The van der Waals surface area contributed by atoms with E-state index in [0.29, 0.717) is 19.5 Å². The molecule has 0 spiro atoms. The van der Waals surface area contributed by atoms with Gasteiger partial charge in [0.15, 0.2) is 0 Å². The van der Waals surface area contributed by atoms with Crippen LogP contribution in [0.2, 0.25) is 0 Å². The Hall–Kier alpha value is -1.24. The molecule has 7 heteroatoms. The van der Waals surface area contributed by atoms with Gasteiger partial charge < -0.3 is 15.5 Å². The predicted octanol–water partition coefficient (Wildman–Crippen LogP) is -0.842. The topological polar surface area (TPSA) is 78.5 Å². The molecule has 0 aromatic rings.